The molecule has 0 bridgehead atoms. The van der Waals surface area contributed by atoms with E-state index in [1.807, 2.05) is 13.8 Å². The number of anilines is 2. The fraction of sp³-hybridized carbons (Fsp3) is 0.267. The number of rotatable bonds is 4. The van der Waals surface area contributed by atoms with Gasteiger partial charge in [0.1, 0.15) is 17.3 Å². The molecule has 2 rings (SSSR count). The van der Waals surface area contributed by atoms with E-state index in [-0.39, 0.29) is 11.9 Å². The molecule has 0 unspecified atom stereocenters. The van der Waals surface area contributed by atoms with Crippen molar-refractivity contribution in [3.8, 4) is 0 Å². The minimum atomic E-state index is -0.319. The second-order valence-corrected chi connectivity index (χ2v) is 5.33. The highest BCUT2D eigenvalue weighted by Gasteiger charge is 2.12. The molecule has 5 nitrogen and oxygen atoms in total. The molecule has 0 aliphatic heterocycles. The average molecular weight is 305 g/mol. The van der Waals surface area contributed by atoms with Gasteiger partial charge in [0.2, 0.25) is 0 Å². The van der Waals surface area contributed by atoms with E-state index in [0.717, 1.165) is 0 Å². The number of benzene rings is 1. The summed E-state index contributed by atoms with van der Waals surface area (Å²) in [5.74, 6) is 0.840. The van der Waals surface area contributed by atoms with E-state index < -0.39 is 0 Å². The molecule has 0 saturated heterocycles. The molecule has 1 amide bonds. The van der Waals surface area contributed by atoms with Crippen LogP contribution in [0.2, 0.25) is 5.02 Å². The number of nitrogens with zero attached hydrogens (tertiary/aromatic N) is 2. The maximum atomic E-state index is 12.3. The van der Waals surface area contributed by atoms with Gasteiger partial charge in [-0.1, -0.05) is 23.7 Å². The third-order valence-corrected chi connectivity index (χ3v) is 2.96. The Kier molecular flexibility index (Phi) is 4.75. The van der Waals surface area contributed by atoms with Crippen LogP contribution in [0, 0.1) is 6.92 Å². The minimum Gasteiger partial charge on any atom is -0.368 e. The van der Waals surface area contributed by atoms with Crippen LogP contribution in [0.3, 0.4) is 0 Å². The normalized spacial score (nSPS) is 10.5. The molecule has 1 heterocycles. The fourth-order valence-electron chi connectivity index (χ4n) is 1.80. The van der Waals surface area contributed by atoms with Gasteiger partial charge in [-0.25, -0.2) is 9.97 Å². The Morgan fingerprint density at radius 1 is 1.24 bits per heavy atom. The number of halogens is 1. The lowest BCUT2D eigenvalue weighted by atomic mass is 10.3. The largest absolute Gasteiger partial charge is 0.368 e. The van der Waals surface area contributed by atoms with Crippen molar-refractivity contribution in [1.29, 1.82) is 0 Å². The summed E-state index contributed by atoms with van der Waals surface area (Å²) >= 11 is 6.03. The lowest BCUT2D eigenvalue weighted by molar-refractivity contribution is 0.102. The Bertz CT molecular complexity index is 658. The van der Waals surface area contributed by atoms with Crippen molar-refractivity contribution in [1.82, 2.24) is 9.97 Å². The van der Waals surface area contributed by atoms with Crippen LogP contribution in [-0.4, -0.2) is 21.9 Å². The van der Waals surface area contributed by atoms with E-state index >= 15 is 0 Å². The monoisotopic (exact) mass is 304 g/mol. The van der Waals surface area contributed by atoms with Gasteiger partial charge in [0.25, 0.3) is 5.91 Å². The Labute approximate surface area is 128 Å². The maximum absolute atomic E-state index is 12.3. The number of aromatic nitrogens is 2. The van der Waals surface area contributed by atoms with Crippen LogP contribution in [0.15, 0.2) is 30.3 Å². The highest BCUT2D eigenvalue weighted by Crippen LogP contribution is 2.21. The Morgan fingerprint density at radius 3 is 2.62 bits per heavy atom. The number of amides is 1. The summed E-state index contributed by atoms with van der Waals surface area (Å²) in [6.07, 6.45) is 0. The van der Waals surface area contributed by atoms with Crippen molar-refractivity contribution in [3.05, 3.63) is 46.9 Å². The lowest BCUT2D eigenvalue weighted by Gasteiger charge is -2.11. The van der Waals surface area contributed by atoms with Crippen LogP contribution >= 0.6 is 11.6 Å². The summed E-state index contributed by atoms with van der Waals surface area (Å²) < 4.78 is 0. The lowest BCUT2D eigenvalue weighted by Crippen LogP contribution is -2.17. The molecule has 0 atom stereocenters. The number of para-hydroxylation sites is 1. The predicted octanol–water partition coefficient (Wildman–Crippen LogP) is 3.51. The van der Waals surface area contributed by atoms with Gasteiger partial charge in [-0.15, -0.1) is 0 Å². The van der Waals surface area contributed by atoms with Crippen molar-refractivity contribution in [2.24, 2.45) is 0 Å². The first-order valence-electron chi connectivity index (χ1n) is 6.64. The number of carbonyl (C=O) groups excluding carboxylic acids is 1. The maximum Gasteiger partial charge on any atom is 0.274 e. The predicted molar refractivity (Wildman–Crippen MR) is 84.9 cm³/mol. The van der Waals surface area contributed by atoms with E-state index in [2.05, 4.69) is 20.6 Å². The number of aryl methyl sites for hydroxylation is 1. The molecule has 0 spiro atoms. The molecule has 6 heteroatoms. The number of carbonyl (C=O) groups is 1. The van der Waals surface area contributed by atoms with Crippen LogP contribution in [-0.2, 0) is 0 Å². The summed E-state index contributed by atoms with van der Waals surface area (Å²) in [4.78, 5) is 20.7. The quantitative estimate of drug-likeness (QED) is 0.907. The van der Waals surface area contributed by atoms with Crippen LogP contribution in [0.5, 0.6) is 0 Å². The molecule has 2 N–H and O–H groups in total. The number of hydrogen-bond acceptors (Lipinski definition) is 4. The van der Waals surface area contributed by atoms with Gasteiger partial charge in [-0.05, 0) is 32.9 Å². The SMILES string of the molecule is Cc1nc(NC(C)C)cc(C(=O)Nc2ccccc2Cl)n1. The van der Waals surface area contributed by atoms with Crippen LogP contribution < -0.4 is 10.6 Å². The van der Waals surface area contributed by atoms with Gasteiger partial charge in [0.05, 0.1) is 10.7 Å². The van der Waals surface area contributed by atoms with E-state index in [0.29, 0.717) is 28.0 Å². The van der Waals surface area contributed by atoms with Crippen LogP contribution in [0.4, 0.5) is 11.5 Å². The van der Waals surface area contributed by atoms with Gasteiger partial charge in [-0.3, -0.25) is 4.79 Å². The molecule has 110 valence electrons. The summed E-state index contributed by atoms with van der Waals surface area (Å²) in [5, 5.41) is 6.39. The zero-order chi connectivity index (χ0) is 15.4. The van der Waals surface area contributed by atoms with Crippen LogP contribution in [0.25, 0.3) is 0 Å². The average Bonchev–Trinajstić information content (AvgIpc) is 2.40. The molecular weight excluding hydrogens is 288 g/mol. The van der Waals surface area contributed by atoms with Crippen molar-refractivity contribution in [2.45, 2.75) is 26.8 Å². The smallest absolute Gasteiger partial charge is 0.274 e. The molecule has 1 aromatic heterocycles. The molecule has 2 aromatic rings. The molecule has 21 heavy (non-hydrogen) atoms. The van der Waals surface area contributed by atoms with E-state index in [4.69, 9.17) is 11.6 Å². The third kappa shape index (κ3) is 4.16. The molecule has 0 fully saturated rings. The van der Waals surface area contributed by atoms with Crippen molar-refractivity contribution in [2.75, 3.05) is 10.6 Å². The first-order chi connectivity index (χ1) is 9.95. The molecule has 0 aliphatic carbocycles. The van der Waals surface area contributed by atoms with Crippen molar-refractivity contribution >= 4 is 29.0 Å². The number of nitrogens with one attached hydrogen (secondary N) is 2. The molecule has 1 aromatic carbocycles. The highest BCUT2D eigenvalue weighted by atomic mass is 35.5. The van der Waals surface area contributed by atoms with Gasteiger partial charge in [0.15, 0.2) is 0 Å². The molecular formula is C15H17ClN4O. The zero-order valence-electron chi connectivity index (χ0n) is 12.1. The highest BCUT2D eigenvalue weighted by molar-refractivity contribution is 6.33. The van der Waals surface area contributed by atoms with Gasteiger partial charge < -0.3 is 10.6 Å². The third-order valence-electron chi connectivity index (χ3n) is 2.63. The topological polar surface area (TPSA) is 66.9 Å². The second-order valence-electron chi connectivity index (χ2n) is 4.92. The Morgan fingerprint density at radius 2 is 1.95 bits per heavy atom. The Hall–Kier alpha value is -2.14. The summed E-state index contributed by atoms with van der Waals surface area (Å²) in [7, 11) is 0. The summed E-state index contributed by atoms with van der Waals surface area (Å²) in [6.45, 7) is 5.75. The van der Waals surface area contributed by atoms with E-state index in [1.165, 1.54) is 0 Å². The molecule has 0 saturated carbocycles. The van der Waals surface area contributed by atoms with Gasteiger partial charge in [-0.2, -0.15) is 0 Å². The minimum absolute atomic E-state index is 0.221. The molecule has 0 radical (unpaired) electrons. The first kappa shape index (κ1) is 15.3. The first-order valence-corrected chi connectivity index (χ1v) is 7.01. The zero-order valence-corrected chi connectivity index (χ0v) is 12.9. The number of hydrogen-bond donors (Lipinski definition) is 2. The van der Waals surface area contributed by atoms with Crippen LogP contribution in [0.1, 0.15) is 30.2 Å². The Balaban J connectivity index is 2.23. The van der Waals surface area contributed by atoms with Gasteiger partial charge >= 0.3 is 0 Å². The van der Waals surface area contributed by atoms with Crippen molar-refractivity contribution < 1.29 is 4.79 Å². The summed E-state index contributed by atoms with van der Waals surface area (Å²) in [6, 6.07) is 8.91. The van der Waals surface area contributed by atoms with E-state index in [1.54, 1.807) is 37.3 Å². The fourth-order valence-corrected chi connectivity index (χ4v) is 1.99. The van der Waals surface area contributed by atoms with Crippen molar-refractivity contribution in [3.63, 3.8) is 0 Å². The molecule has 0 aliphatic rings. The standard InChI is InChI=1S/C15H17ClN4O/c1-9(2)17-14-8-13(18-10(3)19-14)15(21)20-12-7-5-4-6-11(12)16/h4-9H,1-3H3,(H,20,21)(H,17,18,19). The summed E-state index contributed by atoms with van der Waals surface area (Å²) in [5.41, 5.74) is 0.851. The van der Waals surface area contributed by atoms with Gasteiger partial charge in [0, 0.05) is 12.1 Å². The van der Waals surface area contributed by atoms with E-state index in [9.17, 15) is 4.79 Å². The second kappa shape index (κ2) is 6.54.